The van der Waals surface area contributed by atoms with E-state index in [1.165, 1.54) is 24.2 Å². The highest BCUT2D eigenvalue weighted by Crippen LogP contribution is 2.26. The molecular weight excluding hydrogens is 360 g/mol. The minimum absolute atomic E-state index is 0.143. The van der Waals surface area contributed by atoms with Gasteiger partial charge in [0.1, 0.15) is 6.04 Å². The van der Waals surface area contributed by atoms with E-state index in [2.05, 4.69) is 5.32 Å². The van der Waals surface area contributed by atoms with Crippen LogP contribution in [-0.4, -0.2) is 46.7 Å². The molecule has 0 aromatic heterocycles. The lowest BCUT2D eigenvalue weighted by Gasteiger charge is -2.28. The van der Waals surface area contributed by atoms with Gasteiger partial charge in [-0.3, -0.25) is 19.3 Å². The maximum absolute atomic E-state index is 13.1. The lowest BCUT2D eigenvalue weighted by atomic mass is 9.96. The SMILES string of the molecule is CSCC[C@@H](C(=O)NC1CCCCCCC1)N1C(=O)c2ccccc2C1=O. The number of hydrogen-bond acceptors (Lipinski definition) is 4. The van der Waals surface area contributed by atoms with Crippen LogP contribution in [0.4, 0.5) is 0 Å². The number of nitrogens with zero attached hydrogens (tertiary/aromatic N) is 1. The summed E-state index contributed by atoms with van der Waals surface area (Å²) >= 11 is 1.62. The van der Waals surface area contributed by atoms with Crippen molar-refractivity contribution in [2.45, 2.75) is 63.5 Å². The first-order valence-electron chi connectivity index (χ1n) is 9.89. The first kappa shape index (κ1) is 19.9. The largest absolute Gasteiger partial charge is 0.352 e. The summed E-state index contributed by atoms with van der Waals surface area (Å²) in [6, 6.07) is 6.22. The van der Waals surface area contributed by atoms with Gasteiger partial charge in [-0.1, -0.05) is 44.2 Å². The van der Waals surface area contributed by atoms with Crippen LogP contribution in [0.2, 0.25) is 0 Å². The van der Waals surface area contributed by atoms with E-state index < -0.39 is 6.04 Å². The summed E-state index contributed by atoms with van der Waals surface area (Å²) in [4.78, 5) is 39.9. The Hall–Kier alpha value is -1.82. The van der Waals surface area contributed by atoms with Gasteiger partial charge in [0.05, 0.1) is 11.1 Å². The van der Waals surface area contributed by atoms with Gasteiger partial charge in [-0.05, 0) is 43.4 Å². The Morgan fingerprint density at radius 2 is 1.63 bits per heavy atom. The molecule has 2 aliphatic rings. The molecule has 0 unspecified atom stereocenters. The number of rotatable bonds is 6. The summed E-state index contributed by atoms with van der Waals surface area (Å²) in [5, 5.41) is 3.15. The van der Waals surface area contributed by atoms with E-state index in [1.807, 2.05) is 6.26 Å². The van der Waals surface area contributed by atoms with Gasteiger partial charge >= 0.3 is 0 Å². The van der Waals surface area contributed by atoms with Crippen molar-refractivity contribution in [3.05, 3.63) is 35.4 Å². The number of carbonyl (C=O) groups excluding carboxylic acids is 3. The highest BCUT2D eigenvalue weighted by Gasteiger charge is 2.42. The van der Waals surface area contributed by atoms with Crippen LogP contribution in [-0.2, 0) is 4.79 Å². The fraction of sp³-hybridized carbons (Fsp3) is 0.571. The van der Waals surface area contributed by atoms with Crippen LogP contribution >= 0.6 is 11.8 Å². The first-order valence-corrected chi connectivity index (χ1v) is 11.3. The summed E-state index contributed by atoms with van der Waals surface area (Å²) in [6.07, 6.45) is 10.3. The molecule has 1 aliphatic carbocycles. The van der Waals surface area contributed by atoms with Gasteiger partial charge in [0.25, 0.3) is 11.8 Å². The average Bonchev–Trinajstić information content (AvgIpc) is 2.90. The summed E-state index contributed by atoms with van der Waals surface area (Å²) in [5.41, 5.74) is 0.797. The quantitative estimate of drug-likeness (QED) is 0.756. The van der Waals surface area contributed by atoms with Crippen molar-refractivity contribution in [3.8, 4) is 0 Å². The second-order valence-corrected chi connectivity index (χ2v) is 8.36. The van der Waals surface area contributed by atoms with Gasteiger partial charge in [0.2, 0.25) is 5.91 Å². The van der Waals surface area contributed by atoms with E-state index >= 15 is 0 Å². The van der Waals surface area contributed by atoms with Crippen LogP contribution in [0.3, 0.4) is 0 Å². The van der Waals surface area contributed by atoms with Crippen LogP contribution in [0.1, 0.15) is 72.1 Å². The lowest BCUT2D eigenvalue weighted by Crippen LogP contribution is -2.52. The molecule has 3 amide bonds. The third-order valence-corrected chi connectivity index (χ3v) is 6.13. The Morgan fingerprint density at radius 1 is 1.07 bits per heavy atom. The molecule has 1 aromatic rings. The Labute approximate surface area is 165 Å². The topological polar surface area (TPSA) is 66.5 Å². The second kappa shape index (κ2) is 9.40. The van der Waals surface area contributed by atoms with Crippen molar-refractivity contribution in [1.29, 1.82) is 0 Å². The van der Waals surface area contributed by atoms with Gasteiger partial charge in [-0.15, -0.1) is 0 Å². The van der Waals surface area contributed by atoms with Gasteiger partial charge in [-0.2, -0.15) is 11.8 Å². The third-order valence-electron chi connectivity index (χ3n) is 5.49. The number of fused-ring (bicyclic) bond motifs is 1. The molecule has 146 valence electrons. The van der Waals surface area contributed by atoms with Gasteiger partial charge in [0.15, 0.2) is 0 Å². The van der Waals surface area contributed by atoms with Crippen LogP contribution in [0.15, 0.2) is 24.3 Å². The number of thioether (sulfide) groups is 1. The Bertz CT molecular complexity index is 663. The zero-order valence-electron chi connectivity index (χ0n) is 15.9. The number of imide groups is 1. The highest BCUT2D eigenvalue weighted by molar-refractivity contribution is 7.98. The second-order valence-electron chi connectivity index (χ2n) is 7.37. The van der Waals surface area contributed by atoms with Crippen LogP contribution < -0.4 is 5.32 Å². The van der Waals surface area contributed by atoms with E-state index in [9.17, 15) is 14.4 Å². The molecule has 0 saturated heterocycles. The molecule has 6 heteroatoms. The van der Waals surface area contributed by atoms with Crippen molar-refractivity contribution in [1.82, 2.24) is 10.2 Å². The van der Waals surface area contributed by atoms with Gasteiger partial charge in [0, 0.05) is 6.04 Å². The molecule has 1 fully saturated rings. The minimum atomic E-state index is -0.740. The van der Waals surface area contributed by atoms with Crippen molar-refractivity contribution >= 4 is 29.5 Å². The molecule has 3 rings (SSSR count). The number of amides is 3. The molecule has 27 heavy (non-hydrogen) atoms. The molecule has 5 nitrogen and oxygen atoms in total. The summed E-state index contributed by atoms with van der Waals surface area (Å²) in [5.74, 6) is -0.177. The molecule has 1 saturated carbocycles. The predicted molar refractivity (Wildman–Crippen MR) is 108 cm³/mol. The van der Waals surface area contributed by atoms with Crippen LogP contribution in [0.5, 0.6) is 0 Å². The molecule has 1 atom stereocenters. The fourth-order valence-electron chi connectivity index (χ4n) is 4.00. The van der Waals surface area contributed by atoms with E-state index in [4.69, 9.17) is 0 Å². The molecule has 1 aromatic carbocycles. The summed E-state index contributed by atoms with van der Waals surface area (Å²) in [6.45, 7) is 0. The molecule has 1 heterocycles. The molecule has 0 bridgehead atoms. The molecule has 1 N–H and O–H groups in total. The Balaban J connectivity index is 1.76. The fourth-order valence-corrected chi connectivity index (χ4v) is 4.45. The van der Waals surface area contributed by atoms with Gasteiger partial charge < -0.3 is 5.32 Å². The van der Waals surface area contributed by atoms with Crippen LogP contribution in [0, 0.1) is 0 Å². The number of carbonyl (C=O) groups is 3. The molecule has 1 aliphatic heterocycles. The smallest absolute Gasteiger partial charge is 0.262 e. The Morgan fingerprint density at radius 3 is 2.19 bits per heavy atom. The zero-order valence-corrected chi connectivity index (χ0v) is 16.7. The number of nitrogens with one attached hydrogen (secondary N) is 1. The van der Waals surface area contributed by atoms with Crippen molar-refractivity contribution < 1.29 is 14.4 Å². The molecular formula is C21H28N2O3S. The van der Waals surface area contributed by atoms with Crippen LogP contribution in [0.25, 0.3) is 0 Å². The maximum atomic E-state index is 13.1. The first-order chi connectivity index (χ1) is 13.1. The van der Waals surface area contributed by atoms with Crippen molar-refractivity contribution in [3.63, 3.8) is 0 Å². The third kappa shape index (κ3) is 4.54. The standard InChI is InChI=1S/C21H28N2O3S/c1-27-14-13-18(19(24)22-15-9-5-3-2-4-6-10-15)23-20(25)16-11-7-8-12-17(16)21(23)26/h7-8,11-12,15,18H,2-6,9-10,13-14H2,1H3,(H,22,24)/t18-/m0/s1. The summed E-state index contributed by atoms with van der Waals surface area (Å²) < 4.78 is 0. The maximum Gasteiger partial charge on any atom is 0.262 e. The normalized spacial score (nSPS) is 19.4. The van der Waals surface area contributed by atoms with E-state index in [0.29, 0.717) is 17.5 Å². The summed E-state index contributed by atoms with van der Waals surface area (Å²) in [7, 11) is 0. The van der Waals surface area contributed by atoms with Crippen molar-refractivity contribution in [2.24, 2.45) is 0 Å². The average molecular weight is 389 g/mol. The highest BCUT2D eigenvalue weighted by atomic mass is 32.2. The molecule has 0 radical (unpaired) electrons. The van der Waals surface area contributed by atoms with E-state index in [0.717, 1.165) is 31.4 Å². The monoisotopic (exact) mass is 388 g/mol. The number of benzene rings is 1. The zero-order chi connectivity index (χ0) is 19.2. The predicted octanol–water partition coefficient (Wildman–Crippen LogP) is 3.63. The van der Waals surface area contributed by atoms with E-state index in [1.54, 1.807) is 36.0 Å². The van der Waals surface area contributed by atoms with E-state index in [-0.39, 0.29) is 23.8 Å². The van der Waals surface area contributed by atoms with Crippen molar-refractivity contribution in [2.75, 3.05) is 12.0 Å². The number of hydrogen-bond donors (Lipinski definition) is 1. The van der Waals surface area contributed by atoms with Gasteiger partial charge in [-0.25, -0.2) is 0 Å². The molecule has 0 spiro atoms. The Kier molecular flexibility index (Phi) is 6.94. The lowest BCUT2D eigenvalue weighted by molar-refractivity contribution is -0.126. The minimum Gasteiger partial charge on any atom is -0.352 e.